The van der Waals surface area contributed by atoms with E-state index in [1.165, 1.54) is 67.9 Å². The molecule has 0 bridgehead atoms. The Morgan fingerprint density at radius 2 is 1.96 bits per heavy atom. The molecule has 0 aromatic heterocycles. The summed E-state index contributed by atoms with van der Waals surface area (Å²) >= 11 is 0. The van der Waals surface area contributed by atoms with E-state index < -0.39 is 0 Å². The molecular formula is C24H35N3O. The molecule has 2 atom stereocenters. The fourth-order valence-corrected chi connectivity index (χ4v) is 5.29. The average molecular weight is 382 g/mol. The second kappa shape index (κ2) is 8.59. The van der Waals surface area contributed by atoms with Crippen molar-refractivity contribution in [2.24, 2.45) is 10.9 Å². The number of amidine groups is 1. The summed E-state index contributed by atoms with van der Waals surface area (Å²) in [7, 11) is 1.74. The van der Waals surface area contributed by atoms with Gasteiger partial charge < -0.3 is 14.5 Å². The summed E-state index contributed by atoms with van der Waals surface area (Å²) in [5.41, 5.74) is 3.88. The molecule has 4 rings (SSSR count). The lowest BCUT2D eigenvalue weighted by Gasteiger charge is -2.46. The third-order valence-corrected chi connectivity index (χ3v) is 6.77. The van der Waals surface area contributed by atoms with Crippen LogP contribution < -0.4 is 9.64 Å². The number of aryl methyl sites for hydroxylation is 1. The molecule has 152 valence electrons. The normalized spacial score (nSPS) is 25.1. The van der Waals surface area contributed by atoms with Crippen LogP contribution in [0.4, 0.5) is 5.69 Å². The third kappa shape index (κ3) is 3.78. The summed E-state index contributed by atoms with van der Waals surface area (Å²) < 4.78 is 5.48. The van der Waals surface area contributed by atoms with E-state index in [9.17, 15) is 0 Å². The van der Waals surface area contributed by atoms with E-state index in [4.69, 9.17) is 9.73 Å². The summed E-state index contributed by atoms with van der Waals surface area (Å²) in [5, 5.41) is 0. The lowest BCUT2D eigenvalue weighted by atomic mass is 9.78. The Bertz CT molecular complexity index is 752. The molecule has 1 aromatic carbocycles. The molecule has 0 N–H and O–H groups in total. The van der Waals surface area contributed by atoms with E-state index in [1.54, 1.807) is 7.11 Å². The van der Waals surface area contributed by atoms with Crippen LogP contribution in [0, 0.1) is 12.8 Å². The van der Waals surface area contributed by atoms with Gasteiger partial charge in [0.1, 0.15) is 18.3 Å². The number of piperidine rings is 1. The van der Waals surface area contributed by atoms with Crippen LogP contribution in [0.3, 0.4) is 0 Å². The molecule has 2 unspecified atom stereocenters. The van der Waals surface area contributed by atoms with E-state index >= 15 is 0 Å². The molecule has 4 nitrogen and oxygen atoms in total. The van der Waals surface area contributed by atoms with E-state index in [0.29, 0.717) is 12.7 Å². The van der Waals surface area contributed by atoms with Crippen molar-refractivity contribution in [3.05, 3.63) is 35.5 Å². The van der Waals surface area contributed by atoms with Gasteiger partial charge in [0.2, 0.25) is 0 Å². The first kappa shape index (κ1) is 19.4. The van der Waals surface area contributed by atoms with Gasteiger partial charge in [-0.3, -0.25) is 0 Å². The highest BCUT2D eigenvalue weighted by molar-refractivity contribution is 5.95. The smallest absolute Gasteiger partial charge is 0.127 e. The van der Waals surface area contributed by atoms with Gasteiger partial charge in [0.15, 0.2) is 0 Å². The summed E-state index contributed by atoms with van der Waals surface area (Å²) in [6, 6.07) is 7.05. The van der Waals surface area contributed by atoms with Crippen LogP contribution in [0.15, 0.2) is 35.0 Å². The molecule has 1 aromatic rings. The van der Waals surface area contributed by atoms with Crippen LogP contribution in [0.25, 0.3) is 0 Å². The number of rotatable bonds is 4. The quantitative estimate of drug-likeness (QED) is 0.687. The highest BCUT2D eigenvalue weighted by Gasteiger charge is 2.35. The number of hydrogen-bond donors (Lipinski definition) is 0. The van der Waals surface area contributed by atoms with Crippen LogP contribution in [-0.4, -0.2) is 37.1 Å². The molecule has 3 aliphatic rings. The third-order valence-electron chi connectivity index (χ3n) is 6.77. The largest absolute Gasteiger partial charge is 0.497 e. The number of allylic oxidation sites excluding steroid dienone is 1. The Hall–Kier alpha value is -1.97. The molecule has 0 radical (unpaired) electrons. The van der Waals surface area contributed by atoms with Crippen molar-refractivity contribution in [3.63, 3.8) is 0 Å². The van der Waals surface area contributed by atoms with Crippen LogP contribution in [-0.2, 0) is 0 Å². The number of fused-ring (bicyclic) bond motifs is 1. The monoisotopic (exact) mass is 381 g/mol. The zero-order valence-electron chi connectivity index (χ0n) is 17.8. The van der Waals surface area contributed by atoms with Gasteiger partial charge in [-0.1, -0.05) is 32.3 Å². The van der Waals surface area contributed by atoms with Crippen molar-refractivity contribution in [1.82, 2.24) is 4.90 Å². The molecule has 0 spiro atoms. The molecule has 1 saturated carbocycles. The summed E-state index contributed by atoms with van der Waals surface area (Å²) in [6.07, 6.45) is 12.9. The van der Waals surface area contributed by atoms with Gasteiger partial charge in [0.05, 0.1) is 7.11 Å². The Morgan fingerprint density at radius 3 is 2.79 bits per heavy atom. The summed E-state index contributed by atoms with van der Waals surface area (Å²) in [5.74, 6) is 3.02. The maximum atomic E-state index is 5.48. The fourth-order valence-electron chi connectivity index (χ4n) is 5.29. The minimum absolute atomic E-state index is 0.711. The van der Waals surface area contributed by atoms with Crippen molar-refractivity contribution in [1.29, 1.82) is 0 Å². The zero-order valence-corrected chi connectivity index (χ0v) is 17.8. The molecule has 28 heavy (non-hydrogen) atoms. The molecule has 1 aliphatic carbocycles. The maximum absolute atomic E-state index is 5.48. The van der Waals surface area contributed by atoms with Gasteiger partial charge in [-0.2, -0.15) is 0 Å². The molecule has 2 aliphatic heterocycles. The number of benzene rings is 1. The van der Waals surface area contributed by atoms with E-state index in [0.717, 1.165) is 24.5 Å². The number of aliphatic imine (C=N–C) groups is 1. The highest BCUT2D eigenvalue weighted by Crippen LogP contribution is 2.37. The number of ether oxygens (including phenoxy) is 1. The van der Waals surface area contributed by atoms with Crippen LogP contribution in [0.2, 0.25) is 0 Å². The van der Waals surface area contributed by atoms with Crippen molar-refractivity contribution in [2.75, 3.05) is 25.2 Å². The number of nitrogens with zero attached hydrogens (tertiary/aromatic N) is 3. The second-order valence-electron chi connectivity index (χ2n) is 8.57. The minimum atomic E-state index is 0.711. The Labute approximate surface area is 170 Å². The van der Waals surface area contributed by atoms with Crippen LogP contribution in [0.5, 0.6) is 5.75 Å². The van der Waals surface area contributed by atoms with Crippen LogP contribution >= 0.6 is 0 Å². The molecule has 1 saturated heterocycles. The van der Waals surface area contributed by atoms with Crippen molar-refractivity contribution in [3.8, 4) is 5.75 Å². The average Bonchev–Trinajstić information content (AvgIpc) is 2.74. The molecule has 2 heterocycles. The van der Waals surface area contributed by atoms with Crippen molar-refractivity contribution < 1.29 is 4.74 Å². The predicted molar refractivity (Wildman–Crippen MR) is 117 cm³/mol. The first-order valence-electron chi connectivity index (χ1n) is 11.1. The van der Waals surface area contributed by atoms with Gasteiger partial charge in [-0.15, -0.1) is 0 Å². The fraction of sp³-hybridized carbons (Fsp3) is 0.625. The van der Waals surface area contributed by atoms with Gasteiger partial charge >= 0.3 is 0 Å². The summed E-state index contributed by atoms with van der Waals surface area (Å²) in [4.78, 5) is 10.1. The lowest BCUT2D eigenvalue weighted by Crippen LogP contribution is -2.50. The maximum Gasteiger partial charge on any atom is 0.127 e. The van der Waals surface area contributed by atoms with Gasteiger partial charge in [0, 0.05) is 30.0 Å². The molecule has 0 amide bonds. The summed E-state index contributed by atoms with van der Waals surface area (Å²) in [6.45, 7) is 6.33. The number of likely N-dealkylation sites (tertiary alicyclic amines) is 1. The van der Waals surface area contributed by atoms with E-state index in [1.807, 2.05) is 6.07 Å². The van der Waals surface area contributed by atoms with E-state index in [-0.39, 0.29) is 0 Å². The zero-order chi connectivity index (χ0) is 19.5. The number of methoxy groups -OCH3 is 1. The molecule has 4 heteroatoms. The van der Waals surface area contributed by atoms with Crippen molar-refractivity contribution >= 4 is 11.5 Å². The van der Waals surface area contributed by atoms with E-state index in [2.05, 4.69) is 41.9 Å². The molecule has 2 fully saturated rings. The number of hydrogen-bond acceptors (Lipinski definition) is 4. The van der Waals surface area contributed by atoms with Gasteiger partial charge in [0.25, 0.3) is 0 Å². The SMILES string of the molecule is CCCC1=CC(N2CCCC3CCCCC32)=NCN1c1cc(OC)ccc1C. The Balaban J connectivity index is 1.61. The minimum Gasteiger partial charge on any atom is -0.497 e. The molecular weight excluding hydrogens is 346 g/mol. The first-order valence-corrected chi connectivity index (χ1v) is 11.1. The standard InChI is InChI=1S/C24H35N3O/c1-4-8-20-15-24(26-14-7-10-19-9-5-6-11-22(19)26)25-17-27(20)23-16-21(28-3)13-12-18(23)2/h12-13,15-16,19,22H,4-11,14,17H2,1-3H3. The Morgan fingerprint density at radius 1 is 1.14 bits per heavy atom. The van der Waals surface area contributed by atoms with Crippen molar-refractivity contribution in [2.45, 2.75) is 71.3 Å². The highest BCUT2D eigenvalue weighted by atomic mass is 16.5. The topological polar surface area (TPSA) is 28.1 Å². The van der Waals surface area contributed by atoms with Gasteiger partial charge in [-0.05, 0) is 62.7 Å². The first-order chi connectivity index (χ1) is 13.7. The van der Waals surface area contributed by atoms with Crippen LogP contribution in [0.1, 0.15) is 63.9 Å². The Kier molecular flexibility index (Phi) is 5.93. The predicted octanol–water partition coefficient (Wildman–Crippen LogP) is 5.52. The second-order valence-corrected chi connectivity index (χ2v) is 8.57. The lowest BCUT2D eigenvalue weighted by molar-refractivity contribution is 0.120. The van der Waals surface area contributed by atoms with Gasteiger partial charge in [-0.25, -0.2) is 4.99 Å². The number of anilines is 1.